The van der Waals surface area contributed by atoms with Gasteiger partial charge in [0.1, 0.15) is 0 Å². The number of unbranched alkanes of at least 4 members (excludes halogenated alkanes) is 24. The Labute approximate surface area is 394 Å². The Hall–Kier alpha value is -1.18. The number of nitrogens with one attached hydrogen (secondary N) is 2. The quantitative estimate of drug-likeness (QED) is 0.0530. The van der Waals surface area contributed by atoms with Crippen LogP contribution in [0, 0.1) is 11.8 Å². The van der Waals surface area contributed by atoms with Crippen LogP contribution in [0.5, 0.6) is 0 Å². The van der Waals surface area contributed by atoms with Crippen molar-refractivity contribution in [1.29, 1.82) is 0 Å². The SMILES string of the molecule is CCCCCCCCC(CCCCCCCC)CC(=O)NCCCCCN(CCO)CCN(CCCCCNC(=O)CC(CCCCCCCC)CCCCCCCC)C1CCC1. The fourth-order valence-corrected chi connectivity index (χ4v) is 9.90. The van der Waals surface area contributed by atoms with Crippen molar-refractivity contribution < 1.29 is 14.7 Å². The minimum atomic E-state index is 0.211. The van der Waals surface area contributed by atoms with Gasteiger partial charge in [-0.05, 0) is 89.1 Å². The van der Waals surface area contributed by atoms with E-state index in [0.29, 0.717) is 18.3 Å². The summed E-state index contributed by atoms with van der Waals surface area (Å²) in [4.78, 5) is 31.2. The lowest BCUT2D eigenvalue weighted by Crippen LogP contribution is -2.45. The maximum Gasteiger partial charge on any atom is 0.220 e. The van der Waals surface area contributed by atoms with E-state index in [4.69, 9.17) is 0 Å². The van der Waals surface area contributed by atoms with Gasteiger partial charge < -0.3 is 15.7 Å². The van der Waals surface area contributed by atoms with Crippen LogP contribution in [0.15, 0.2) is 0 Å². The highest BCUT2D eigenvalue weighted by Gasteiger charge is 2.25. The highest BCUT2D eigenvalue weighted by Crippen LogP contribution is 2.26. The van der Waals surface area contributed by atoms with Crippen molar-refractivity contribution in [3.63, 3.8) is 0 Å². The molecule has 374 valence electrons. The van der Waals surface area contributed by atoms with E-state index in [9.17, 15) is 14.7 Å². The van der Waals surface area contributed by atoms with Crippen molar-refractivity contribution in [2.45, 2.75) is 284 Å². The lowest BCUT2D eigenvalue weighted by Gasteiger charge is -2.39. The number of hydrogen-bond donors (Lipinski definition) is 3. The van der Waals surface area contributed by atoms with Gasteiger partial charge in [0.05, 0.1) is 6.61 Å². The molecule has 0 aliphatic heterocycles. The van der Waals surface area contributed by atoms with Crippen LogP contribution in [0.3, 0.4) is 0 Å². The van der Waals surface area contributed by atoms with Crippen LogP contribution in [-0.2, 0) is 9.59 Å². The minimum absolute atomic E-state index is 0.211. The van der Waals surface area contributed by atoms with Crippen molar-refractivity contribution in [3.05, 3.63) is 0 Å². The van der Waals surface area contributed by atoms with E-state index < -0.39 is 0 Å². The summed E-state index contributed by atoms with van der Waals surface area (Å²) in [6.45, 7) is 15.9. The fraction of sp³-hybridized carbons (Fsp3) is 0.964. The number of carbonyl (C=O) groups is 2. The highest BCUT2D eigenvalue weighted by molar-refractivity contribution is 5.76. The molecule has 0 atom stereocenters. The molecule has 0 aromatic heterocycles. The monoisotopic (exact) mass is 889 g/mol. The van der Waals surface area contributed by atoms with E-state index in [0.717, 1.165) is 90.4 Å². The van der Waals surface area contributed by atoms with E-state index in [-0.39, 0.29) is 18.4 Å². The molecule has 0 radical (unpaired) electrons. The van der Waals surface area contributed by atoms with Gasteiger partial charge in [-0.1, -0.05) is 201 Å². The summed E-state index contributed by atoms with van der Waals surface area (Å²) in [5.74, 6) is 1.64. The van der Waals surface area contributed by atoms with Gasteiger partial charge in [-0.2, -0.15) is 0 Å². The minimum Gasteiger partial charge on any atom is -0.395 e. The zero-order valence-electron chi connectivity index (χ0n) is 43.1. The lowest BCUT2D eigenvalue weighted by atomic mass is 9.91. The van der Waals surface area contributed by atoms with E-state index in [1.165, 1.54) is 205 Å². The van der Waals surface area contributed by atoms with E-state index in [1.54, 1.807) is 0 Å². The first-order chi connectivity index (χ1) is 31.0. The van der Waals surface area contributed by atoms with Crippen molar-refractivity contribution in [3.8, 4) is 0 Å². The molecular formula is C56H112N4O3. The molecule has 0 spiro atoms. The Kier molecular flexibility index (Phi) is 43.6. The van der Waals surface area contributed by atoms with E-state index >= 15 is 0 Å². The Morgan fingerprint density at radius 2 is 0.810 bits per heavy atom. The van der Waals surface area contributed by atoms with E-state index in [2.05, 4.69) is 48.1 Å². The van der Waals surface area contributed by atoms with Crippen LogP contribution in [-0.4, -0.2) is 85.2 Å². The van der Waals surface area contributed by atoms with Crippen LogP contribution in [0.25, 0.3) is 0 Å². The second kappa shape index (κ2) is 46.0. The molecule has 1 saturated carbocycles. The van der Waals surface area contributed by atoms with Gasteiger partial charge in [0.15, 0.2) is 0 Å². The summed E-state index contributed by atoms with van der Waals surface area (Å²) in [7, 11) is 0. The Bertz CT molecular complexity index is 944. The average molecular weight is 890 g/mol. The standard InChI is InChI=1S/C56H112N4O3/c1-5-9-13-17-21-27-36-52(37-28-22-18-14-10-6-2)50-55(62)57-42-31-25-33-44-59(48-49-61)46-47-60(54-40-35-41-54)45-34-26-32-43-58-56(63)51-53(38-29-23-19-15-11-7-3)39-30-24-20-16-12-8-4/h52-54,61H,5-51H2,1-4H3,(H,57,62)(H,58,63). The fourth-order valence-electron chi connectivity index (χ4n) is 9.90. The smallest absolute Gasteiger partial charge is 0.220 e. The third-order valence-corrected chi connectivity index (χ3v) is 14.4. The summed E-state index contributed by atoms with van der Waals surface area (Å²) in [6.07, 6.45) is 48.9. The van der Waals surface area contributed by atoms with E-state index in [1.807, 2.05) is 0 Å². The number of aliphatic hydroxyl groups is 1. The zero-order chi connectivity index (χ0) is 45.7. The largest absolute Gasteiger partial charge is 0.395 e. The van der Waals surface area contributed by atoms with Crippen LogP contribution in [0.1, 0.15) is 278 Å². The van der Waals surface area contributed by atoms with Crippen molar-refractivity contribution in [2.75, 3.05) is 52.4 Å². The molecule has 0 bridgehead atoms. The summed E-state index contributed by atoms with van der Waals surface area (Å²) in [5.41, 5.74) is 0. The average Bonchev–Trinajstić information content (AvgIpc) is 3.25. The molecule has 1 fully saturated rings. The molecule has 63 heavy (non-hydrogen) atoms. The topological polar surface area (TPSA) is 84.9 Å². The summed E-state index contributed by atoms with van der Waals surface area (Å²) in [6, 6.07) is 0.718. The third kappa shape index (κ3) is 37.6. The molecular weight excluding hydrogens is 777 g/mol. The first-order valence-corrected chi connectivity index (χ1v) is 28.6. The first kappa shape index (κ1) is 59.8. The van der Waals surface area contributed by atoms with Crippen molar-refractivity contribution in [2.24, 2.45) is 11.8 Å². The van der Waals surface area contributed by atoms with Crippen molar-refractivity contribution in [1.82, 2.24) is 20.4 Å². The van der Waals surface area contributed by atoms with Gasteiger partial charge in [0.25, 0.3) is 0 Å². The second-order valence-corrected chi connectivity index (χ2v) is 20.4. The van der Waals surface area contributed by atoms with Gasteiger partial charge in [0, 0.05) is 51.6 Å². The van der Waals surface area contributed by atoms with Crippen LogP contribution < -0.4 is 10.6 Å². The predicted octanol–water partition coefficient (Wildman–Crippen LogP) is 14.7. The number of rotatable bonds is 50. The molecule has 1 aliphatic rings. The number of hydrogen-bond acceptors (Lipinski definition) is 5. The maximum absolute atomic E-state index is 13.0. The predicted molar refractivity (Wildman–Crippen MR) is 275 cm³/mol. The van der Waals surface area contributed by atoms with Crippen LogP contribution >= 0.6 is 0 Å². The van der Waals surface area contributed by atoms with Gasteiger partial charge >= 0.3 is 0 Å². The Morgan fingerprint density at radius 3 is 1.17 bits per heavy atom. The molecule has 0 saturated heterocycles. The zero-order valence-corrected chi connectivity index (χ0v) is 43.1. The summed E-state index contributed by atoms with van der Waals surface area (Å²) in [5, 5.41) is 16.5. The van der Waals surface area contributed by atoms with Crippen LogP contribution in [0.4, 0.5) is 0 Å². The lowest BCUT2D eigenvalue weighted by molar-refractivity contribution is -0.123. The molecule has 0 unspecified atom stereocenters. The molecule has 1 aliphatic carbocycles. The van der Waals surface area contributed by atoms with Gasteiger partial charge in [-0.3, -0.25) is 19.4 Å². The molecule has 3 N–H and O–H groups in total. The van der Waals surface area contributed by atoms with Crippen molar-refractivity contribution >= 4 is 11.8 Å². The molecule has 7 nitrogen and oxygen atoms in total. The summed E-state index contributed by atoms with van der Waals surface area (Å²) < 4.78 is 0. The first-order valence-electron chi connectivity index (χ1n) is 28.6. The van der Waals surface area contributed by atoms with Gasteiger partial charge in [-0.15, -0.1) is 0 Å². The Morgan fingerprint density at radius 1 is 0.444 bits per heavy atom. The van der Waals surface area contributed by atoms with Gasteiger partial charge in [0.2, 0.25) is 11.8 Å². The molecule has 0 aromatic carbocycles. The number of nitrogens with zero attached hydrogens (tertiary/aromatic N) is 2. The normalized spacial score (nSPS) is 13.2. The van der Waals surface area contributed by atoms with Crippen LogP contribution in [0.2, 0.25) is 0 Å². The maximum atomic E-state index is 13.0. The Balaban J connectivity index is 2.36. The summed E-state index contributed by atoms with van der Waals surface area (Å²) >= 11 is 0. The second-order valence-electron chi connectivity index (χ2n) is 20.4. The molecule has 2 amide bonds. The van der Waals surface area contributed by atoms with Gasteiger partial charge in [-0.25, -0.2) is 0 Å². The third-order valence-electron chi connectivity index (χ3n) is 14.4. The molecule has 0 heterocycles. The molecule has 0 aromatic rings. The highest BCUT2D eigenvalue weighted by atomic mass is 16.3. The molecule has 7 heteroatoms. The molecule has 1 rings (SSSR count). The number of aliphatic hydroxyl groups excluding tert-OH is 1. The number of amides is 2. The number of carbonyl (C=O) groups excluding carboxylic acids is 2.